The Labute approximate surface area is 319 Å². The number of hydrogen-bond donors (Lipinski definition) is 0. The van der Waals surface area contributed by atoms with Crippen LogP contribution in [0.1, 0.15) is 107 Å². The molecule has 0 aromatic rings. The standard InChI is InChI=1S/C36H54O19/c1-9-21(37)45-17-19-29(49-23(39)11-3)31(51-25(41)13-5)33(53-27(43)15-7)35(47-19)55-36-34(54-28(44)16-8)32(52-26(42)14-6)30(50-24(40)12-4)20(48-36)18-46-22(38)10-2/h19-20,29-36H,9-18H2,1-8H3/t19?,20?,29-,30+,31?,32?,33+,34?,35-,36+/m1/s1. The maximum atomic E-state index is 12.9. The zero-order valence-corrected chi connectivity index (χ0v) is 32.6. The molecule has 2 saturated heterocycles. The van der Waals surface area contributed by atoms with E-state index < -0.39 is 122 Å². The van der Waals surface area contributed by atoms with Gasteiger partial charge in [-0.1, -0.05) is 55.4 Å². The van der Waals surface area contributed by atoms with Crippen LogP contribution in [0.5, 0.6) is 0 Å². The molecule has 55 heavy (non-hydrogen) atoms. The van der Waals surface area contributed by atoms with Crippen LogP contribution in [0.4, 0.5) is 0 Å². The lowest BCUT2D eigenvalue weighted by Gasteiger charge is -2.48. The van der Waals surface area contributed by atoms with E-state index in [1.54, 1.807) is 0 Å². The molecule has 0 bridgehead atoms. The third-order valence-electron chi connectivity index (χ3n) is 8.18. The topological polar surface area (TPSA) is 238 Å². The van der Waals surface area contributed by atoms with Crippen molar-refractivity contribution >= 4 is 47.8 Å². The van der Waals surface area contributed by atoms with Gasteiger partial charge in [0.25, 0.3) is 0 Å². The van der Waals surface area contributed by atoms with Crippen molar-refractivity contribution in [2.75, 3.05) is 13.2 Å². The molecule has 0 N–H and O–H groups in total. The molecule has 2 fully saturated rings. The number of carbonyl (C=O) groups excluding carboxylic acids is 8. The second-order valence-corrected chi connectivity index (χ2v) is 12.1. The smallest absolute Gasteiger partial charge is 0.306 e. The molecule has 2 aliphatic heterocycles. The van der Waals surface area contributed by atoms with Crippen LogP contribution in [-0.4, -0.2) is 122 Å². The molecule has 0 amide bonds. The molecule has 0 saturated carbocycles. The molecule has 0 aromatic heterocycles. The maximum Gasteiger partial charge on any atom is 0.306 e. The van der Waals surface area contributed by atoms with Gasteiger partial charge in [-0.3, -0.25) is 38.4 Å². The van der Waals surface area contributed by atoms with Crippen molar-refractivity contribution in [3.63, 3.8) is 0 Å². The van der Waals surface area contributed by atoms with Gasteiger partial charge in [-0.15, -0.1) is 0 Å². The molecule has 0 aliphatic carbocycles. The van der Waals surface area contributed by atoms with E-state index >= 15 is 0 Å². The van der Waals surface area contributed by atoms with E-state index in [-0.39, 0.29) is 51.4 Å². The minimum absolute atomic E-state index is 0.0386. The highest BCUT2D eigenvalue weighted by molar-refractivity contribution is 5.73. The van der Waals surface area contributed by atoms with Gasteiger partial charge >= 0.3 is 47.8 Å². The van der Waals surface area contributed by atoms with Gasteiger partial charge in [0.2, 0.25) is 12.6 Å². The monoisotopic (exact) mass is 790 g/mol. The third-order valence-corrected chi connectivity index (χ3v) is 8.18. The van der Waals surface area contributed by atoms with Crippen molar-refractivity contribution in [2.45, 2.75) is 168 Å². The summed E-state index contributed by atoms with van der Waals surface area (Å²) in [6.45, 7) is 10.9. The summed E-state index contributed by atoms with van der Waals surface area (Å²) in [6.07, 6.45) is -17.3. The summed E-state index contributed by atoms with van der Waals surface area (Å²) < 4.78 is 63.3. The second kappa shape index (κ2) is 23.5. The summed E-state index contributed by atoms with van der Waals surface area (Å²) in [6, 6.07) is 0. The van der Waals surface area contributed by atoms with Crippen LogP contribution in [0.25, 0.3) is 0 Å². The SMILES string of the molecule is CCC(=O)OCC1O[C@H](O[C@@H]2OC(COC(=O)CC)[C@H](OC(=O)CC)C(OC(=O)CC)C2OC(=O)CC)[C@@H](OC(=O)CC)C(OC(=O)CC)[C@@H]1OC(=O)CC. The Bertz CT molecular complexity index is 1230. The van der Waals surface area contributed by atoms with Crippen molar-refractivity contribution in [3.8, 4) is 0 Å². The van der Waals surface area contributed by atoms with E-state index in [1.807, 2.05) is 0 Å². The van der Waals surface area contributed by atoms with Crippen LogP contribution >= 0.6 is 0 Å². The van der Waals surface area contributed by atoms with Gasteiger partial charge in [0.1, 0.15) is 25.4 Å². The lowest BCUT2D eigenvalue weighted by Crippen LogP contribution is -2.67. The minimum atomic E-state index is -1.84. The molecule has 2 rings (SSSR count). The fraction of sp³-hybridized carbons (Fsp3) is 0.778. The fourth-order valence-electron chi connectivity index (χ4n) is 5.14. The van der Waals surface area contributed by atoms with E-state index in [0.717, 1.165) is 0 Å². The second-order valence-electron chi connectivity index (χ2n) is 12.1. The van der Waals surface area contributed by atoms with Gasteiger partial charge in [-0.05, 0) is 0 Å². The molecule has 312 valence electrons. The molecule has 0 spiro atoms. The van der Waals surface area contributed by atoms with Gasteiger partial charge in [0.15, 0.2) is 36.6 Å². The number of ether oxygens (including phenoxy) is 11. The summed E-state index contributed by atoms with van der Waals surface area (Å²) in [5, 5.41) is 0. The summed E-state index contributed by atoms with van der Waals surface area (Å²) in [4.78, 5) is 101. The van der Waals surface area contributed by atoms with Crippen molar-refractivity contribution in [1.29, 1.82) is 0 Å². The van der Waals surface area contributed by atoms with Crippen LogP contribution in [0.15, 0.2) is 0 Å². The first-order chi connectivity index (χ1) is 26.2. The lowest BCUT2D eigenvalue weighted by molar-refractivity contribution is -0.378. The lowest BCUT2D eigenvalue weighted by atomic mass is 9.96. The summed E-state index contributed by atoms with van der Waals surface area (Å²) in [5.41, 5.74) is 0. The highest BCUT2D eigenvalue weighted by Crippen LogP contribution is 2.36. The number of rotatable bonds is 20. The van der Waals surface area contributed by atoms with E-state index in [0.29, 0.717) is 0 Å². The van der Waals surface area contributed by atoms with Gasteiger partial charge in [-0.25, -0.2) is 0 Å². The molecule has 5 unspecified atom stereocenters. The Hall–Kier alpha value is -4.36. The summed E-state index contributed by atoms with van der Waals surface area (Å²) in [5.74, 6) is -6.14. The molecule has 0 aromatic carbocycles. The van der Waals surface area contributed by atoms with Crippen LogP contribution in [-0.2, 0) is 90.5 Å². The van der Waals surface area contributed by atoms with Crippen LogP contribution in [0.3, 0.4) is 0 Å². The zero-order chi connectivity index (χ0) is 41.2. The first kappa shape index (κ1) is 46.8. The quantitative estimate of drug-likeness (QED) is 0.127. The van der Waals surface area contributed by atoms with E-state index in [1.165, 1.54) is 55.4 Å². The fourth-order valence-corrected chi connectivity index (χ4v) is 5.14. The molecular formula is C36H54O19. The predicted molar refractivity (Wildman–Crippen MR) is 182 cm³/mol. The Morgan fingerprint density at radius 3 is 0.836 bits per heavy atom. The Morgan fingerprint density at radius 1 is 0.345 bits per heavy atom. The van der Waals surface area contributed by atoms with Crippen molar-refractivity contribution < 1.29 is 90.5 Å². The molecule has 2 aliphatic rings. The van der Waals surface area contributed by atoms with Crippen molar-refractivity contribution in [2.24, 2.45) is 0 Å². The highest BCUT2D eigenvalue weighted by atomic mass is 16.8. The van der Waals surface area contributed by atoms with Crippen molar-refractivity contribution in [1.82, 2.24) is 0 Å². The van der Waals surface area contributed by atoms with Crippen LogP contribution in [0, 0.1) is 0 Å². The Kier molecular flexibility index (Phi) is 20.0. The minimum Gasteiger partial charge on any atom is -0.463 e. The summed E-state index contributed by atoms with van der Waals surface area (Å²) in [7, 11) is 0. The van der Waals surface area contributed by atoms with Crippen LogP contribution < -0.4 is 0 Å². The van der Waals surface area contributed by atoms with E-state index in [4.69, 9.17) is 52.1 Å². The third kappa shape index (κ3) is 14.0. The first-order valence-corrected chi connectivity index (χ1v) is 18.6. The van der Waals surface area contributed by atoms with Gasteiger partial charge in [-0.2, -0.15) is 0 Å². The average Bonchev–Trinajstić information content (AvgIpc) is 3.19. The molecule has 0 radical (unpaired) electrons. The van der Waals surface area contributed by atoms with Gasteiger partial charge in [0.05, 0.1) is 0 Å². The molecule has 2 heterocycles. The van der Waals surface area contributed by atoms with E-state index in [2.05, 4.69) is 0 Å². The van der Waals surface area contributed by atoms with Crippen molar-refractivity contribution in [3.05, 3.63) is 0 Å². The molecule has 10 atom stereocenters. The summed E-state index contributed by atoms with van der Waals surface area (Å²) >= 11 is 0. The van der Waals surface area contributed by atoms with E-state index in [9.17, 15) is 38.4 Å². The highest BCUT2D eigenvalue weighted by Gasteiger charge is 2.58. The number of esters is 8. The first-order valence-electron chi connectivity index (χ1n) is 18.6. The molecular weight excluding hydrogens is 736 g/mol. The normalized spacial score (nSPS) is 27.4. The zero-order valence-electron chi connectivity index (χ0n) is 32.6. The Morgan fingerprint density at radius 2 is 0.582 bits per heavy atom. The number of carbonyl (C=O) groups is 8. The van der Waals surface area contributed by atoms with Gasteiger partial charge in [0, 0.05) is 51.4 Å². The largest absolute Gasteiger partial charge is 0.463 e. The van der Waals surface area contributed by atoms with Crippen LogP contribution in [0.2, 0.25) is 0 Å². The average molecular weight is 791 g/mol. The Balaban J connectivity index is 2.83. The molecule has 19 nitrogen and oxygen atoms in total. The number of hydrogen-bond acceptors (Lipinski definition) is 19. The van der Waals surface area contributed by atoms with Gasteiger partial charge < -0.3 is 52.1 Å². The molecule has 19 heteroatoms. The predicted octanol–water partition coefficient (Wildman–Crippen LogP) is 2.29. The maximum absolute atomic E-state index is 12.9.